The van der Waals surface area contributed by atoms with Gasteiger partial charge in [0.2, 0.25) is 5.91 Å². The molecule has 5 nitrogen and oxygen atoms in total. The van der Waals surface area contributed by atoms with E-state index in [1.807, 2.05) is 6.92 Å². The molecule has 2 rings (SSSR count). The Morgan fingerprint density at radius 1 is 1.45 bits per heavy atom. The molecule has 1 amide bonds. The molecule has 0 bridgehead atoms. The zero-order valence-corrected chi connectivity index (χ0v) is 13.2. The van der Waals surface area contributed by atoms with Gasteiger partial charge in [0.05, 0.1) is 17.5 Å². The Labute approximate surface area is 129 Å². The standard InChI is InChI=1S/C16H21FN2O3/c1-5-13(16(21)22-9(2)3)19-14-7-6-11(17)8-12(14)18-10(4)15(19)20/h6-10,13,18H,5H2,1-4H3. The summed E-state index contributed by atoms with van der Waals surface area (Å²) in [5.74, 6) is -1.08. The van der Waals surface area contributed by atoms with Gasteiger partial charge in [-0.1, -0.05) is 6.92 Å². The van der Waals surface area contributed by atoms with Crippen LogP contribution >= 0.6 is 0 Å². The van der Waals surface area contributed by atoms with Crippen LogP contribution in [0.1, 0.15) is 34.1 Å². The fourth-order valence-electron chi connectivity index (χ4n) is 2.54. The van der Waals surface area contributed by atoms with Crippen LogP contribution in [-0.2, 0) is 14.3 Å². The predicted octanol–water partition coefficient (Wildman–Crippen LogP) is 2.70. The Balaban J connectivity index is 2.43. The van der Waals surface area contributed by atoms with Gasteiger partial charge in [0.15, 0.2) is 0 Å². The lowest BCUT2D eigenvalue weighted by molar-refractivity contribution is -0.150. The fraction of sp³-hybridized carbons (Fsp3) is 0.500. The molecule has 0 spiro atoms. The van der Waals surface area contributed by atoms with Crippen LogP contribution in [0.5, 0.6) is 0 Å². The number of carbonyl (C=O) groups is 2. The first-order chi connectivity index (χ1) is 10.3. The molecule has 2 atom stereocenters. The summed E-state index contributed by atoms with van der Waals surface area (Å²) < 4.78 is 18.7. The highest BCUT2D eigenvalue weighted by molar-refractivity contribution is 6.08. The highest BCUT2D eigenvalue weighted by atomic mass is 19.1. The van der Waals surface area contributed by atoms with E-state index in [1.165, 1.54) is 23.1 Å². The van der Waals surface area contributed by atoms with Gasteiger partial charge in [-0.05, 0) is 45.4 Å². The van der Waals surface area contributed by atoms with Crippen LogP contribution in [0.4, 0.5) is 15.8 Å². The largest absolute Gasteiger partial charge is 0.461 e. The van der Waals surface area contributed by atoms with Crippen molar-refractivity contribution in [2.45, 2.75) is 52.3 Å². The highest BCUT2D eigenvalue weighted by Crippen LogP contribution is 2.34. The number of hydrogen-bond acceptors (Lipinski definition) is 4. The highest BCUT2D eigenvalue weighted by Gasteiger charge is 2.38. The molecule has 22 heavy (non-hydrogen) atoms. The third kappa shape index (κ3) is 3.05. The van der Waals surface area contributed by atoms with Crippen molar-refractivity contribution in [3.63, 3.8) is 0 Å². The van der Waals surface area contributed by atoms with Crippen LogP contribution in [0.25, 0.3) is 0 Å². The zero-order chi connectivity index (χ0) is 16.4. The number of rotatable bonds is 4. The van der Waals surface area contributed by atoms with Gasteiger partial charge in [0, 0.05) is 0 Å². The summed E-state index contributed by atoms with van der Waals surface area (Å²) >= 11 is 0. The van der Waals surface area contributed by atoms with E-state index >= 15 is 0 Å². The summed E-state index contributed by atoms with van der Waals surface area (Å²) in [6.07, 6.45) is 0.158. The van der Waals surface area contributed by atoms with Crippen LogP contribution in [-0.4, -0.2) is 30.1 Å². The summed E-state index contributed by atoms with van der Waals surface area (Å²) in [5.41, 5.74) is 1.000. The van der Waals surface area contributed by atoms with E-state index in [9.17, 15) is 14.0 Å². The van der Waals surface area contributed by atoms with Gasteiger partial charge in [-0.25, -0.2) is 9.18 Å². The van der Waals surface area contributed by atoms with Gasteiger partial charge in [-0.2, -0.15) is 0 Å². The molecule has 0 aromatic heterocycles. The van der Waals surface area contributed by atoms with Gasteiger partial charge in [0.1, 0.15) is 17.9 Å². The van der Waals surface area contributed by atoms with Gasteiger partial charge in [0.25, 0.3) is 0 Å². The molecule has 2 unspecified atom stereocenters. The molecule has 0 radical (unpaired) electrons. The molecule has 0 fully saturated rings. The number of nitrogens with zero attached hydrogens (tertiary/aromatic N) is 1. The van der Waals surface area contributed by atoms with Gasteiger partial charge in [-0.3, -0.25) is 9.69 Å². The molecule has 6 heteroatoms. The summed E-state index contributed by atoms with van der Waals surface area (Å²) in [6, 6.07) is 2.86. The molecule has 120 valence electrons. The molecule has 1 aromatic carbocycles. The zero-order valence-electron chi connectivity index (χ0n) is 13.2. The maximum absolute atomic E-state index is 13.4. The Bertz CT molecular complexity index is 589. The maximum atomic E-state index is 13.4. The molecule has 1 aliphatic rings. The van der Waals surface area contributed by atoms with Crippen molar-refractivity contribution in [3.8, 4) is 0 Å². The van der Waals surface area contributed by atoms with Crippen molar-refractivity contribution < 1.29 is 18.7 Å². The summed E-state index contributed by atoms with van der Waals surface area (Å²) in [6.45, 7) is 7.02. The first-order valence-electron chi connectivity index (χ1n) is 7.44. The number of anilines is 2. The van der Waals surface area contributed by atoms with E-state index in [0.717, 1.165) is 0 Å². The lowest BCUT2D eigenvalue weighted by atomic mass is 10.0. The van der Waals surface area contributed by atoms with Crippen LogP contribution < -0.4 is 10.2 Å². The quantitative estimate of drug-likeness (QED) is 0.869. The Morgan fingerprint density at radius 3 is 2.73 bits per heavy atom. The molecular formula is C16H21FN2O3. The van der Waals surface area contributed by atoms with Gasteiger partial charge < -0.3 is 10.1 Å². The van der Waals surface area contributed by atoms with E-state index < -0.39 is 23.9 Å². The summed E-state index contributed by atoms with van der Waals surface area (Å²) in [4.78, 5) is 26.2. The maximum Gasteiger partial charge on any atom is 0.329 e. The smallest absolute Gasteiger partial charge is 0.329 e. The number of nitrogens with one attached hydrogen (secondary N) is 1. The van der Waals surface area contributed by atoms with Crippen molar-refractivity contribution in [1.82, 2.24) is 0 Å². The van der Waals surface area contributed by atoms with Crippen LogP contribution in [0, 0.1) is 5.82 Å². The second kappa shape index (κ2) is 6.34. The SMILES string of the molecule is CCC(C(=O)OC(C)C)N1C(=O)C(C)Nc2cc(F)ccc21. The molecule has 1 aromatic rings. The number of amides is 1. The number of hydrogen-bond donors (Lipinski definition) is 1. The Morgan fingerprint density at radius 2 is 2.14 bits per heavy atom. The first kappa shape index (κ1) is 16.3. The number of fused-ring (bicyclic) bond motifs is 1. The predicted molar refractivity (Wildman–Crippen MR) is 82.3 cm³/mol. The van der Waals surface area contributed by atoms with Crippen molar-refractivity contribution in [2.75, 3.05) is 10.2 Å². The number of ether oxygens (including phenoxy) is 1. The third-order valence-corrected chi connectivity index (χ3v) is 3.52. The Kier molecular flexibility index (Phi) is 4.68. The summed E-state index contributed by atoms with van der Waals surface area (Å²) in [5, 5.41) is 2.96. The molecule has 1 heterocycles. The van der Waals surface area contributed by atoms with Crippen LogP contribution in [0.2, 0.25) is 0 Å². The van der Waals surface area contributed by atoms with Gasteiger partial charge >= 0.3 is 5.97 Å². The molecule has 0 saturated carbocycles. The average molecular weight is 308 g/mol. The third-order valence-electron chi connectivity index (χ3n) is 3.52. The molecule has 0 aliphatic carbocycles. The number of halogens is 1. The van der Waals surface area contributed by atoms with E-state index in [0.29, 0.717) is 17.8 Å². The van der Waals surface area contributed by atoms with E-state index in [1.54, 1.807) is 20.8 Å². The fourth-order valence-corrected chi connectivity index (χ4v) is 2.54. The van der Waals surface area contributed by atoms with Crippen molar-refractivity contribution >= 4 is 23.3 Å². The number of esters is 1. The van der Waals surface area contributed by atoms with Gasteiger partial charge in [-0.15, -0.1) is 0 Å². The van der Waals surface area contributed by atoms with E-state index in [2.05, 4.69) is 5.32 Å². The lowest BCUT2D eigenvalue weighted by Gasteiger charge is -2.37. The second-order valence-electron chi connectivity index (χ2n) is 5.65. The van der Waals surface area contributed by atoms with E-state index in [-0.39, 0.29) is 12.0 Å². The second-order valence-corrected chi connectivity index (χ2v) is 5.65. The Hall–Kier alpha value is -2.11. The van der Waals surface area contributed by atoms with Crippen LogP contribution in [0.3, 0.4) is 0 Å². The van der Waals surface area contributed by atoms with E-state index in [4.69, 9.17) is 4.74 Å². The van der Waals surface area contributed by atoms with Crippen molar-refractivity contribution in [3.05, 3.63) is 24.0 Å². The number of benzene rings is 1. The first-order valence-corrected chi connectivity index (χ1v) is 7.44. The normalized spacial score (nSPS) is 18.7. The number of carbonyl (C=O) groups excluding carboxylic acids is 2. The monoisotopic (exact) mass is 308 g/mol. The summed E-state index contributed by atoms with van der Waals surface area (Å²) in [7, 11) is 0. The minimum atomic E-state index is -0.719. The minimum Gasteiger partial charge on any atom is -0.461 e. The topological polar surface area (TPSA) is 58.6 Å². The molecule has 1 aliphatic heterocycles. The molecular weight excluding hydrogens is 287 g/mol. The molecule has 0 saturated heterocycles. The minimum absolute atomic E-state index is 0.230. The van der Waals surface area contributed by atoms with Crippen LogP contribution in [0.15, 0.2) is 18.2 Å². The van der Waals surface area contributed by atoms with Crippen molar-refractivity contribution in [1.29, 1.82) is 0 Å². The average Bonchev–Trinajstić information content (AvgIpc) is 2.42. The lowest BCUT2D eigenvalue weighted by Crippen LogP contribution is -2.53. The van der Waals surface area contributed by atoms with Crippen molar-refractivity contribution in [2.24, 2.45) is 0 Å². The molecule has 1 N–H and O–H groups in total.